The van der Waals surface area contributed by atoms with Gasteiger partial charge in [-0.2, -0.15) is 0 Å². The zero-order valence-electron chi connectivity index (χ0n) is 12.0. The molecule has 0 radical (unpaired) electrons. The van der Waals surface area contributed by atoms with Crippen LogP contribution in [0.1, 0.15) is 35.2 Å². The molecule has 3 rings (SSSR count). The first-order valence-corrected chi connectivity index (χ1v) is 7.40. The van der Waals surface area contributed by atoms with Crippen molar-refractivity contribution in [1.29, 1.82) is 0 Å². The molecular weight excluding hydrogens is 252 g/mol. The molecule has 108 valence electrons. The SMILES string of the molecule is CN1C2CCC1CN(Cc1ccc(C(=O)O)cc1)CC2. The number of aromatic carboxylic acids is 1. The smallest absolute Gasteiger partial charge is 0.335 e. The van der Waals surface area contributed by atoms with E-state index in [1.807, 2.05) is 12.1 Å². The highest BCUT2D eigenvalue weighted by Crippen LogP contribution is 2.28. The Labute approximate surface area is 120 Å². The molecule has 2 heterocycles. The van der Waals surface area contributed by atoms with Crippen LogP contribution in [0.15, 0.2) is 24.3 Å². The summed E-state index contributed by atoms with van der Waals surface area (Å²) < 4.78 is 0. The van der Waals surface area contributed by atoms with Gasteiger partial charge in [0.1, 0.15) is 0 Å². The lowest BCUT2D eigenvalue weighted by atomic mass is 10.1. The summed E-state index contributed by atoms with van der Waals surface area (Å²) in [7, 11) is 2.26. The molecule has 1 aromatic carbocycles. The Morgan fingerprint density at radius 3 is 2.60 bits per heavy atom. The average molecular weight is 274 g/mol. The van der Waals surface area contributed by atoms with Crippen LogP contribution >= 0.6 is 0 Å². The van der Waals surface area contributed by atoms with Crippen molar-refractivity contribution in [2.75, 3.05) is 20.1 Å². The summed E-state index contributed by atoms with van der Waals surface area (Å²) >= 11 is 0. The number of carbonyl (C=O) groups is 1. The van der Waals surface area contributed by atoms with Gasteiger partial charge < -0.3 is 5.11 Å². The second-order valence-corrected chi connectivity index (χ2v) is 6.08. The predicted molar refractivity (Wildman–Crippen MR) is 77.9 cm³/mol. The maximum absolute atomic E-state index is 10.9. The Bertz CT molecular complexity index is 486. The van der Waals surface area contributed by atoms with Gasteiger partial charge in [-0.15, -0.1) is 0 Å². The number of likely N-dealkylation sites (tertiary alicyclic amines) is 1. The highest BCUT2D eigenvalue weighted by Gasteiger charge is 2.34. The van der Waals surface area contributed by atoms with Crippen molar-refractivity contribution in [1.82, 2.24) is 9.80 Å². The molecule has 4 nitrogen and oxygen atoms in total. The third kappa shape index (κ3) is 2.72. The third-order valence-corrected chi connectivity index (χ3v) is 4.84. The molecule has 4 heteroatoms. The highest BCUT2D eigenvalue weighted by molar-refractivity contribution is 5.87. The number of carboxylic acid groups (broad SMARTS) is 1. The molecule has 2 fully saturated rings. The minimum atomic E-state index is -0.856. The van der Waals surface area contributed by atoms with E-state index < -0.39 is 5.97 Å². The van der Waals surface area contributed by atoms with E-state index in [1.165, 1.54) is 24.8 Å². The maximum atomic E-state index is 10.9. The fraction of sp³-hybridized carbons (Fsp3) is 0.562. The Kier molecular flexibility index (Phi) is 3.76. The zero-order chi connectivity index (χ0) is 14.1. The van der Waals surface area contributed by atoms with E-state index in [9.17, 15) is 4.79 Å². The minimum absolute atomic E-state index is 0.364. The number of carboxylic acids is 1. The summed E-state index contributed by atoms with van der Waals surface area (Å²) in [5, 5.41) is 8.92. The fourth-order valence-electron chi connectivity index (χ4n) is 3.53. The summed E-state index contributed by atoms with van der Waals surface area (Å²) in [5.74, 6) is -0.856. The lowest BCUT2D eigenvalue weighted by Crippen LogP contribution is -2.36. The number of rotatable bonds is 3. The lowest BCUT2D eigenvalue weighted by Gasteiger charge is -2.25. The van der Waals surface area contributed by atoms with Crippen molar-refractivity contribution in [2.24, 2.45) is 0 Å². The number of hydrogen-bond donors (Lipinski definition) is 1. The van der Waals surface area contributed by atoms with Crippen LogP contribution in [0.3, 0.4) is 0 Å². The van der Waals surface area contributed by atoms with Gasteiger partial charge in [-0.25, -0.2) is 4.79 Å². The highest BCUT2D eigenvalue weighted by atomic mass is 16.4. The number of hydrogen-bond acceptors (Lipinski definition) is 3. The van der Waals surface area contributed by atoms with Crippen LogP contribution in [-0.4, -0.2) is 53.1 Å². The van der Waals surface area contributed by atoms with E-state index in [0.717, 1.165) is 25.7 Å². The molecule has 2 bridgehead atoms. The predicted octanol–water partition coefficient (Wildman–Crippen LogP) is 2.05. The Morgan fingerprint density at radius 2 is 1.90 bits per heavy atom. The topological polar surface area (TPSA) is 43.8 Å². The summed E-state index contributed by atoms with van der Waals surface area (Å²) in [6.45, 7) is 3.21. The van der Waals surface area contributed by atoms with Gasteiger partial charge in [0, 0.05) is 31.7 Å². The summed E-state index contributed by atoms with van der Waals surface area (Å²) in [5.41, 5.74) is 1.57. The molecule has 20 heavy (non-hydrogen) atoms. The van der Waals surface area contributed by atoms with Gasteiger partial charge in [-0.1, -0.05) is 12.1 Å². The van der Waals surface area contributed by atoms with Crippen LogP contribution in [0.5, 0.6) is 0 Å². The van der Waals surface area contributed by atoms with Crippen molar-refractivity contribution >= 4 is 5.97 Å². The van der Waals surface area contributed by atoms with Crippen molar-refractivity contribution in [3.63, 3.8) is 0 Å². The van der Waals surface area contributed by atoms with Crippen molar-refractivity contribution < 1.29 is 9.90 Å². The number of nitrogens with zero attached hydrogens (tertiary/aromatic N) is 2. The second kappa shape index (κ2) is 5.54. The van der Waals surface area contributed by atoms with Crippen LogP contribution in [0, 0.1) is 0 Å². The molecule has 0 aromatic heterocycles. The van der Waals surface area contributed by atoms with Crippen molar-refractivity contribution in [3.05, 3.63) is 35.4 Å². The molecule has 0 aliphatic carbocycles. The largest absolute Gasteiger partial charge is 0.478 e. The summed E-state index contributed by atoms with van der Waals surface area (Å²) in [4.78, 5) is 15.9. The molecule has 1 aromatic rings. The first-order valence-electron chi connectivity index (χ1n) is 7.40. The molecule has 1 N–H and O–H groups in total. The molecule has 0 amide bonds. The Hall–Kier alpha value is -1.39. The van der Waals surface area contributed by atoms with Crippen LogP contribution in [0.25, 0.3) is 0 Å². The van der Waals surface area contributed by atoms with Gasteiger partial charge in [-0.05, 0) is 44.0 Å². The quantitative estimate of drug-likeness (QED) is 0.916. The standard InChI is InChI=1S/C16H22N2O2/c1-17-14-6-7-15(17)11-18(9-8-14)10-12-2-4-13(5-3-12)16(19)20/h2-5,14-15H,6-11H2,1H3,(H,19,20). The van der Waals surface area contributed by atoms with Gasteiger partial charge in [-0.3, -0.25) is 9.80 Å². The molecule has 2 aliphatic heterocycles. The Morgan fingerprint density at radius 1 is 1.20 bits per heavy atom. The van der Waals surface area contributed by atoms with Crippen molar-refractivity contribution in [3.8, 4) is 0 Å². The second-order valence-electron chi connectivity index (χ2n) is 6.08. The van der Waals surface area contributed by atoms with E-state index in [-0.39, 0.29) is 0 Å². The summed E-state index contributed by atoms with van der Waals surface area (Å²) in [6.07, 6.45) is 3.91. The van der Waals surface area contributed by atoms with E-state index in [4.69, 9.17) is 5.11 Å². The molecule has 0 spiro atoms. The molecule has 2 unspecified atom stereocenters. The van der Waals surface area contributed by atoms with E-state index >= 15 is 0 Å². The maximum Gasteiger partial charge on any atom is 0.335 e. The fourth-order valence-corrected chi connectivity index (χ4v) is 3.53. The van der Waals surface area contributed by atoms with Gasteiger partial charge in [0.05, 0.1) is 5.56 Å². The third-order valence-electron chi connectivity index (χ3n) is 4.84. The van der Waals surface area contributed by atoms with E-state index in [0.29, 0.717) is 11.6 Å². The first-order chi connectivity index (χ1) is 9.63. The lowest BCUT2D eigenvalue weighted by molar-refractivity contribution is 0.0697. The van der Waals surface area contributed by atoms with E-state index in [2.05, 4.69) is 16.8 Å². The molecular formula is C16H22N2O2. The van der Waals surface area contributed by atoms with Crippen molar-refractivity contribution in [2.45, 2.75) is 37.9 Å². The van der Waals surface area contributed by atoms with Crippen LogP contribution in [0.2, 0.25) is 0 Å². The zero-order valence-corrected chi connectivity index (χ0v) is 12.0. The molecule has 0 saturated carbocycles. The van der Waals surface area contributed by atoms with Crippen LogP contribution in [-0.2, 0) is 6.54 Å². The average Bonchev–Trinajstić information content (AvgIpc) is 2.68. The molecule has 2 atom stereocenters. The monoisotopic (exact) mass is 274 g/mol. The van der Waals surface area contributed by atoms with Gasteiger partial charge in [0.25, 0.3) is 0 Å². The van der Waals surface area contributed by atoms with Crippen LogP contribution < -0.4 is 0 Å². The number of likely N-dealkylation sites (N-methyl/N-ethyl adjacent to an activating group) is 1. The Balaban J connectivity index is 1.64. The van der Waals surface area contributed by atoms with Gasteiger partial charge in [0.2, 0.25) is 0 Å². The number of fused-ring (bicyclic) bond motifs is 2. The van der Waals surface area contributed by atoms with Gasteiger partial charge in [0.15, 0.2) is 0 Å². The first kappa shape index (κ1) is 13.6. The normalized spacial score (nSPS) is 27.4. The van der Waals surface area contributed by atoms with E-state index in [1.54, 1.807) is 12.1 Å². The molecule has 2 aliphatic rings. The minimum Gasteiger partial charge on any atom is -0.478 e. The summed E-state index contributed by atoms with van der Waals surface area (Å²) in [6, 6.07) is 8.74. The van der Waals surface area contributed by atoms with Crippen LogP contribution in [0.4, 0.5) is 0 Å². The number of benzene rings is 1. The molecule has 2 saturated heterocycles. The van der Waals surface area contributed by atoms with Gasteiger partial charge >= 0.3 is 5.97 Å².